The Bertz CT molecular complexity index is 379. The number of benzene rings is 1. The van der Waals surface area contributed by atoms with Crippen molar-refractivity contribution in [2.24, 2.45) is 0 Å². The van der Waals surface area contributed by atoms with Crippen molar-refractivity contribution in [3.8, 4) is 5.75 Å². The van der Waals surface area contributed by atoms with E-state index in [9.17, 15) is 0 Å². The van der Waals surface area contributed by atoms with Gasteiger partial charge in [0.2, 0.25) is 0 Å². The molecule has 0 amide bonds. The molecular formula is C13H18N2OS. The Labute approximate surface area is 107 Å². The molecule has 1 N–H and O–H groups in total. The SMILES string of the molecule is c1ccc2c(c1)NCC(CN1CCSCC1)O2. The lowest BCUT2D eigenvalue weighted by molar-refractivity contribution is 0.142. The third-order valence-corrected chi connectivity index (χ3v) is 4.21. The van der Waals surface area contributed by atoms with Crippen LogP contribution in [0.2, 0.25) is 0 Å². The van der Waals surface area contributed by atoms with Gasteiger partial charge in [-0.2, -0.15) is 11.8 Å². The number of thioether (sulfide) groups is 1. The van der Waals surface area contributed by atoms with E-state index in [1.165, 1.54) is 24.6 Å². The molecule has 1 aromatic carbocycles. The van der Waals surface area contributed by atoms with Crippen LogP contribution < -0.4 is 10.1 Å². The van der Waals surface area contributed by atoms with Crippen LogP contribution in [0.5, 0.6) is 5.75 Å². The predicted octanol–water partition coefficient (Wildman–Crippen LogP) is 1.91. The molecule has 0 bridgehead atoms. The summed E-state index contributed by atoms with van der Waals surface area (Å²) in [5.74, 6) is 3.52. The first-order chi connectivity index (χ1) is 8.42. The van der Waals surface area contributed by atoms with Gasteiger partial charge < -0.3 is 10.1 Å². The van der Waals surface area contributed by atoms with E-state index in [0.29, 0.717) is 0 Å². The summed E-state index contributed by atoms with van der Waals surface area (Å²) in [6.07, 6.45) is 0.285. The van der Waals surface area contributed by atoms with E-state index >= 15 is 0 Å². The summed E-state index contributed by atoms with van der Waals surface area (Å²) < 4.78 is 6.02. The van der Waals surface area contributed by atoms with Gasteiger partial charge in [-0.3, -0.25) is 4.90 Å². The van der Waals surface area contributed by atoms with Gasteiger partial charge in [0.25, 0.3) is 0 Å². The molecule has 17 heavy (non-hydrogen) atoms. The lowest BCUT2D eigenvalue weighted by Crippen LogP contribution is -2.44. The molecule has 0 spiro atoms. The maximum absolute atomic E-state index is 6.02. The minimum atomic E-state index is 0.285. The molecular weight excluding hydrogens is 232 g/mol. The quantitative estimate of drug-likeness (QED) is 0.866. The third-order valence-electron chi connectivity index (χ3n) is 3.27. The summed E-state index contributed by atoms with van der Waals surface area (Å²) >= 11 is 2.05. The molecule has 2 aliphatic heterocycles. The number of ether oxygens (including phenoxy) is 1. The average Bonchev–Trinajstić information content (AvgIpc) is 2.40. The topological polar surface area (TPSA) is 24.5 Å². The van der Waals surface area contributed by atoms with Crippen molar-refractivity contribution < 1.29 is 4.74 Å². The zero-order valence-electron chi connectivity index (χ0n) is 9.89. The molecule has 3 rings (SSSR count). The minimum absolute atomic E-state index is 0.285. The van der Waals surface area contributed by atoms with Gasteiger partial charge in [0.05, 0.1) is 12.2 Å². The van der Waals surface area contributed by atoms with Crippen LogP contribution in [0, 0.1) is 0 Å². The lowest BCUT2D eigenvalue weighted by atomic mass is 10.2. The molecule has 1 aromatic rings. The molecule has 0 saturated carbocycles. The molecule has 0 radical (unpaired) electrons. The average molecular weight is 250 g/mol. The van der Waals surface area contributed by atoms with Gasteiger partial charge in [-0.25, -0.2) is 0 Å². The van der Waals surface area contributed by atoms with Gasteiger partial charge in [-0.05, 0) is 12.1 Å². The molecule has 1 unspecified atom stereocenters. The van der Waals surface area contributed by atoms with Gasteiger partial charge in [0, 0.05) is 31.1 Å². The molecule has 4 heteroatoms. The zero-order chi connectivity index (χ0) is 11.5. The highest BCUT2D eigenvalue weighted by Gasteiger charge is 2.22. The van der Waals surface area contributed by atoms with Crippen LogP contribution in [0.3, 0.4) is 0 Å². The van der Waals surface area contributed by atoms with Crippen LogP contribution in [-0.2, 0) is 0 Å². The molecule has 2 heterocycles. The fourth-order valence-electron chi connectivity index (χ4n) is 2.33. The van der Waals surface area contributed by atoms with E-state index in [0.717, 1.165) is 24.5 Å². The second kappa shape index (κ2) is 5.19. The van der Waals surface area contributed by atoms with Crippen LogP contribution >= 0.6 is 11.8 Å². The normalized spacial score (nSPS) is 24.6. The zero-order valence-corrected chi connectivity index (χ0v) is 10.7. The largest absolute Gasteiger partial charge is 0.485 e. The predicted molar refractivity (Wildman–Crippen MR) is 73.1 cm³/mol. The Morgan fingerprint density at radius 3 is 3.00 bits per heavy atom. The maximum atomic E-state index is 6.02. The second-order valence-electron chi connectivity index (χ2n) is 4.53. The molecule has 3 nitrogen and oxygen atoms in total. The third kappa shape index (κ3) is 2.69. The van der Waals surface area contributed by atoms with Gasteiger partial charge in [0.15, 0.2) is 0 Å². The summed E-state index contributed by atoms with van der Waals surface area (Å²) in [4.78, 5) is 2.51. The van der Waals surface area contributed by atoms with E-state index in [2.05, 4.69) is 28.0 Å². The van der Waals surface area contributed by atoms with E-state index in [4.69, 9.17) is 4.74 Å². The van der Waals surface area contributed by atoms with Crippen molar-refractivity contribution in [2.45, 2.75) is 6.10 Å². The fourth-order valence-corrected chi connectivity index (χ4v) is 3.31. The van der Waals surface area contributed by atoms with Crippen LogP contribution in [0.1, 0.15) is 0 Å². The van der Waals surface area contributed by atoms with E-state index in [1.807, 2.05) is 18.2 Å². The lowest BCUT2D eigenvalue weighted by Gasteiger charge is -2.33. The van der Waals surface area contributed by atoms with Crippen molar-refractivity contribution in [3.05, 3.63) is 24.3 Å². The Morgan fingerprint density at radius 1 is 1.29 bits per heavy atom. The number of hydrogen-bond donors (Lipinski definition) is 1. The van der Waals surface area contributed by atoms with Crippen molar-refractivity contribution in [1.29, 1.82) is 0 Å². The first kappa shape index (κ1) is 11.2. The summed E-state index contributed by atoms with van der Waals surface area (Å²) in [7, 11) is 0. The number of rotatable bonds is 2. The van der Waals surface area contributed by atoms with Gasteiger partial charge in [-0.15, -0.1) is 0 Å². The number of para-hydroxylation sites is 2. The van der Waals surface area contributed by atoms with Crippen LogP contribution in [0.15, 0.2) is 24.3 Å². The standard InChI is InChI=1S/C13H18N2OS/c1-2-4-13-12(3-1)14-9-11(16-13)10-15-5-7-17-8-6-15/h1-4,11,14H,5-10H2. The number of nitrogens with zero attached hydrogens (tertiary/aromatic N) is 1. The molecule has 1 saturated heterocycles. The van der Waals surface area contributed by atoms with Crippen molar-refractivity contribution >= 4 is 17.4 Å². The van der Waals surface area contributed by atoms with Crippen molar-refractivity contribution in [3.63, 3.8) is 0 Å². The van der Waals surface area contributed by atoms with Crippen LogP contribution in [-0.4, -0.2) is 48.7 Å². The second-order valence-corrected chi connectivity index (χ2v) is 5.75. The van der Waals surface area contributed by atoms with E-state index < -0.39 is 0 Å². The number of nitrogens with one attached hydrogen (secondary N) is 1. The highest BCUT2D eigenvalue weighted by atomic mass is 32.2. The Kier molecular flexibility index (Phi) is 3.43. The molecule has 92 valence electrons. The number of anilines is 1. The Balaban J connectivity index is 1.60. The van der Waals surface area contributed by atoms with E-state index in [1.54, 1.807) is 0 Å². The highest BCUT2D eigenvalue weighted by molar-refractivity contribution is 7.99. The smallest absolute Gasteiger partial charge is 0.142 e. The molecule has 0 aromatic heterocycles. The van der Waals surface area contributed by atoms with E-state index in [-0.39, 0.29) is 6.10 Å². The van der Waals surface area contributed by atoms with Gasteiger partial charge in [0.1, 0.15) is 11.9 Å². The van der Waals surface area contributed by atoms with Gasteiger partial charge in [-0.1, -0.05) is 12.1 Å². The summed E-state index contributed by atoms with van der Waals surface area (Å²) in [6, 6.07) is 8.18. The fraction of sp³-hybridized carbons (Fsp3) is 0.538. The minimum Gasteiger partial charge on any atom is -0.485 e. The Morgan fingerprint density at radius 2 is 2.12 bits per heavy atom. The number of fused-ring (bicyclic) bond motifs is 1. The first-order valence-corrected chi connectivity index (χ1v) is 7.37. The summed E-state index contributed by atoms with van der Waals surface area (Å²) in [5, 5.41) is 3.45. The molecule has 1 atom stereocenters. The van der Waals surface area contributed by atoms with Crippen molar-refractivity contribution in [1.82, 2.24) is 4.90 Å². The first-order valence-electron chi connectivity index (χ1n) is 6.21. The monoisotopic (exact) mass is 250 g/mol. The maximum Gasteiger partial charge on any atom is 0.142 e. The summed E-state index contributed by atoms with van der Waals surface area (Å²) in [5.41, 5.74) is 1.12. The molecule has 0 aliphatic carbocycles. The highest BCUT2D eigenvalue weighted by Crippen LogP contribution is 2.28. The molecule has 2 aliphatic rings. The van der Waals surface area contributed by atoms with Gasteiger partial charge >= 0.3 is 0 Å². The van der Waals surface area contributed by atoms with Crippen LogP contribution in [0.4, 0.5) is 5.69 Å². The number of hydrogen-bond acceptors (Lipinski definition) is 4. The van der Waals surface area contributed by atoms with Crippen molar-refractivity contribution in [2.75, 3.05) is 43.0 Å². The molecule has 1 fully saturated rings. The van der Waals surface area contributed by atoms with Crippen LogP contribution in [0.25, 0.3) is 0 Å². The summed E-state index contributed by atoms with van der Waals surface area (Å²) in [6.45, 7) is 4.36. The Hall–Kier alpha value is -0.870.